The maximum Gasteiger partial charge on any atom is 0.158 e. The lowest BCUT2D eigenvalue weighted by atomic mass is 9.93. The zero-order chi connectivity index (χ0) is 12.3. The number of aryl methyl sites for hydroxylation is 1. The highest BCUT2D eigenvalue weighted by Crippen LogP contribution is 2.32. The lowest BCUT2D eigenvalue weighted by molar-refractivity contribution is -0.121. The summed E-state index contributed by atoms with van der Waals surface area (Å²) in [5, 5.41) is 0. The Balaban J connectivity index is 2.07. The van der Waals surface area contributed by atoms with Gasteiger partial charge in [-0.05, 0) is 30.9 Å². The highest BCUT2D eigenvalue weighted by molar-refractivity contribution is 5.90. The van der Waals surface area contributed by atoms with Gasteiger partial charge in [-0.2, -0.15) is 0 Å². The highest BCUT2D eigenvalue weighted by atomic mass is 16.1. The van der Waals surface area contributed by atoms with Crippen molar-refractivity contribution in [3.63, 3.8) is 0 Å². The molecule has 17 heavy (non-hydrogen) atoms. The van der Waals surface area contributed by atoms with Crippen LogP contribution in [0.25, 0.3) is 0 Å². The van der Waals surface area contributed by atoms with Crippen molar-refractivity contribution >= 4 is 5.78 Å². The summed E-state index contributed by atoms with van der Waals surface area (Å²) in [5.74, 6) is 0.119. The summed E-state index contributed by atoms with van der Waals surface area (Å²) in [6.45, 7) is 2.11. The van der Waals surface area contributed by atoms with Gasteiger partial charge >= 0.3 is 0 Å². The molecule has 1 heterocycles. The minimum atomic E-state index is -0.312. The maximum atomic E-state index is 12.2. The Labute approximate surface area is 102 Å². The van der Waals surface area contributed by atoms with Crippen LogP contribution in [-0.4, -0.2) is 16.8 Å². The first-order valence-corrected chi connectivity index (χ1v) is 6.47. The lowest BCUT2D eigenvalue weighted by Gasteiger charge is -2.15. The zero-order valence-corrected chi connectivity index (χ0v) is 10.4. The molecule has 92 valence electrons. The fraction of sp³-hybridized carbons (Fsp3) is 0.571. The molecule has 2 rings (SSSR count). The van der Waals surface area contributed by atoms with E-state index in [0.717, 1.165) is 37.8 Å². The summed E-state index contributed by atoms with van der Waals surface area (Å²) in [7, 11) is 0. The van der Waals surface area contributed by atoms with Crippen molar-refractivity contribution in [2.45, 2.75) is 51.0 Å². The second-order valence-corrected chi connectivity index (χ2v) is 4.79. The van der Waals surface area contributed by atoms with Crippen molar-refractivity contribution in [2.75, 3.05) is 0 Å². The van der Waals surface area contributed by atoms with Crippen molar-refractivity contribution in [1.82, 2.24) is 4.98 Å². The number of fused-ring (bicyclic) bond motifs is 1. The number of ketones is 1. The Hall–Kier alpha value is -1.22. The second-order valence-electron chi connectivity index (χ2n) is 4.79. The summed E-state index contributed by atoms with van der Waals surface area (Å²) in [5.41, 5.74) is 8.14. The van der Waals surface area contributed by atoms with Crippen LogP contribution in [0.4, 0.5) is 0 Å². The van der Waals surface area contributed by atoms with Crippen LogP contribution in [0.5, 0.6) is 0 Å². The third-order valence-corrected chi connectivity index (χ3v) is 3.54. The smallest absolute Gasteiger partial charge is 0.158 e. The van der Waals surface area contributed by atoms with Gasteiger partial charge in [0.2, 0.25) is 0 Å². The summed E-state index contributed by atoms with van der Waals surface area (Å²) in [6.07, 6.45) is 6.51. The molecule has 0 fully saturated rings. The Morgan fingerprint density at radius 2 is 2.47 bits per heavy atom. The van der Waals surface area contributed by atoms with Crippen LogP contribution >= 0.6 is 0 Å². The number of aromatic nitrogens is 1. The van der Waals surface area contributed by atoms with Gasteiger partial charge in [0.1, 0.15) is 0 Å². The molecule has 0 aliphatic heterocycles. The number of nitrogens with two attached hydrogens (primary N) is 1. The number of carbonyl (C=O) groups is 1. The normalized spacial score (nSPS) is 20.0. The second kappa shape index (κ2) is 5.41. The van der Waals surface area contributed by atoms with E-state index in [1.165, 1.54) is 5.56 Å². The molecule has 0 spiro atoms. The van der Waals surface area contributed by atoms with E-state index >= 15 is 0 Å². The molecule has 0 saturated carbocycles. The predicted octanol–water partition coefficient (Wildman–Crippen LogP) is 2.20. The summed E-state index contributed by atoms with van der Waals surface area (Å²) in [4.78, 5) is 16.6. The third-order valence-electron chi connectivity index (χ3n) is 3.54. The van der Waals surface area contributed by atoms with E-state index in [-0.39, 0.29) is 17.7 Å². The van der Waals surface area contributed by atoms with Crippen molar-refractivity contribution in [2.24, 2.45) is 5.73 Å². The minimum Gasteiger partial charge on any atom is -0.321 e. The summed E-state index contributed by atoms with van der Waals surface area (Å²) < 4.78 is 0. The van der Waals surface area contributed by atoms with Crippen LogP contribution in [0.15, 0.2) is 18.3 Å². The molecule has 1 aliphatic rings. The van der Waals surface area contributed by atoms with E-state index in [1.807, 2.05) is 6.07 Å². The quantitative estimate of drug-likeness (QED) is 0.846. The Bertz CT molecular complexity index is 403. The first-order valence-electron chi connectivity index (χ1n) is 6.47. The van der Waals surface area contributed by atoms with Crippen molar-refractivity contribution < 1.29 is 4.79 Å². The molecule has 1 aromatic heterocycles. The van der Waals surface area contributed by atoms with Crippen LogP contribution in [-0.2, 0) is 11.2 Å². The topological polar surface area (TPSA) is 56.0 Å². The van der Waals surface area contributed by atoms with Crippen LogP contribution < -0.4 is 5.73 Å². The Morgan fingerprint density at radius 1 is 1.65 bits per heavy atom. The van der Waals surface area contributed by atoms with Crippen LogP contribution in [0.2, 0.25) is 0 Å². The Kier molecular flexibility index (Phi) is 3.89. The van der Waals surface area contributed by atoms with E-state index in [9.17, 15) is 4.79 Å². The lowest BCUT2D eigenvalue weighted by Crippen LogP contribution is -2.34. The van der Waals surface area contributed by atoms with Crippen LogP contribution in [0, 0.1) is 0 Å². The number of unbranched alkanes of at least 4 members (excludes halogenated alkanes) is 1. The molecular weight excluding hydrogens is 212 g/mol. The van der Waals surface area contributed by atoms with E-state index in [0.29, 0.717) is 0 Å². The number of nitrogens with zero attached hydrogens (tertiary/aromatic N) is 1. The van der Waals surface area contributed by atoms with Gasteiger partial charge in [0, 0.05) is 6.20 Å². The number of hydrogen-bond acceptors (Lipinski definition) is 3. The molecule has 3 nitrogen and oxygen atoms in total. The molecule has 2 unspecified atom stereocenters. The third kappa shape index (κ3) is 2.55. The van der Waals surface area contributed by atoms with Gasteiger partial charge in [-0.1, -0.05) is 25.8 Å². The van der Waals surface area contributed by atoms with E-state index in [2.05, 4.69) is 18.0 Å². The average molecular weight is 232 g/mol. The molecule has 0 aromatic carbocycles. The van der Waals surface area contributed by atoms with Gasteiger partial charge < -0.3 is 5.73 Å². The molecule has 0 bridgehead atoms. The van der Waals surface area contributed by atoms with E-state index < -0.39 is 0 Å². The molecule has 0 saturated heterocycles. The molecule has 2 atom stereocenters. The number of pyridine rings is 1. The molecule has 3 heteroatoms. The van der Waals surface area contributed by atoms with Crippen molar-refractivity contribution in [3.8, 4) is 0 Å². The monoisotopic (exact) mass is 232 g/mol. The van der Waals surface area contributed by atoms with Crippen LogP contribution in [0.3, 0.4) is 0 Å². The van der Waals surface area contributed by atoms with Crippen LogP contribution in [0.1, 0.15) is 49.8 Å². The van der Waals surface area contributed by atoms with Gasteiger partial charge in [0.25, 0.3) is 0 Å². The van der Waals surface area contributed by atoms with Crippen molar-refractivity contribution in [1.29, 1.82) is 0 Å². The van der Waals surface area contributed by atoms with E-state index in [4.69, 9.17) is 5.73 Å². The fourth-order valence-corrected chi connectivity index (χ4v) is 2.51. The summed E-state index contributed by atoms with van der Waals surface area (Å²) >= 11 is 0. The van der Waals surface area contributed by atoms with Gasteiger partial charge in [-0.3, -0.25) is 9.78 Å². The minimum absolute atomic E-state index is 0.0574. The fourth-order valence-electron chi connectivity index (χ4n) is 2.51. The first-order chi connectivity index (χ1) is 8.24. The molecule has 0 radical (unpaired) electrons. The van der Waals surface area contributed by atoms with Gasteiger partial charge in [-0.25, -0.2) is 0 Å². The molecule has 1 aliphatic carbocycles. The maximum absolute atomic E-state index is 12.2. The Morgan fingerprint density at radius 3 is 3.24 bits per heavy atom. The first kappa shape index (κ1) is 12.2. The van der Waals surface area contributed by atoms with Gasteiger partial charge in [0.05, 0.1) is 17.7 Å². The number of rotatable bonds is 5. The largest absolute Gasteiger partial charge is 0.321 e. The molecule has 2 N–H and O–H groups in total. The standard InChI is InChI=1S/C14H20N2O/c1-2-3-6-12(15)14(17)11-8-7-10-5-4-9-16-13(10)11/h4-5,9,11-12H,2-3,6-8,15H2,1H3. The van der Waals surface area contributed by atoms with Crippen molar-refractivity contribution in [3.05, 3.63) is 29.6 Å². The SMILES string of the molecule is CCCCC(N)C(=O)C1CCc2cccnc21. The number of hydrogen-bond donors (Lipinski definition) is 1. The van der Waals surface area contributed by atoms with Gasteiger partial charge in [-0.15, -0.1) is 0 Å². The number of carbonyl (C=O) groups excluding carboxylic acids is 1. The predicted molar refractivity (Wildman–Crippen MR) is 67.8 cm³/mol. The molecule has 1 aromatic rings. The zero-order valence-electron chi connectivity index (χ0n) is 10.4. The van der Waals surface area contributed by atoms with Gasteiger partial charge in [0.15, 0.2) is 5.78 Å². The number of Topliss-reactive ketones (excluding diaryl/α,β-unsaturated/α-hetero) is 1. The summed E-state index contributed by atoms with van der Waals surface area (Å²) in [6, 6.07) is 3.68. The average Bonchev–Trinajstić information content (AvgIpc) is 2.78. The molecular formula is C14H20N2O. The highest BCUT2D eigenvalue weighted by Gasteiger charge is 2.32. The molecule has 0 amide bonds. The van der Waals surface area contributed by atoms with E-state index in [1.54, 1.807) is 6.20 Å².